The van der Waals surface area contributed by atoms with Crippen molar-refractivity contribution in [3.05, 3.63) is 18.2 Å². The molecule has 1 rings (SSSR count). The van der Waals surface area contributed by atoms with E-state index in [0.29, 0.717) is 18.7 Å². The number of amidine groups is 1. The molecule has 1 aromatic heterocycles. The molecule has 0 spiro atoms. The van der Waals surface area contributed by atoms with Gasteiger partial charge in [0.2, 0.25) is 0 Å². The molecule has 0 aliphatic carbocycles. The van der Waals surface area contributed by atoms with Crippen LogP contribution in [0, 0.1) is 0 Å². The van der Waals surface area contributed by atoms with Crippen LogP contribution in [0.5, 0.6) is 0 Å². The molecule has 0 saturated carbocycles. The van der Waals surface area contributed by atoms with Crippen molar-refractivity contribution in [2.45, 2.75) is 6.42 Å². The number of amides is 1. The van der Waals surface area contributed by atoms with E-state index in [9.17, 15) is 4.79 Å². The summed E-state index contributed by atoms with van der Waals surface area (Å²) in [4.78, 5) is 17.2. The van der Waals surface area contributed by atoms with Gasteiger partial charge in [-0.1, -0.05) is 5.16 Å². The number of hydrogen-bond donors (Lipinski definition) is 2. The second-order valence-corrected chi connectivity index (χ2v) is 3.49. The Morgan fingerprint density at radius 3 is 2.94 bits per heavy atom. The smallest absolute Gasteiger partial charge is 0.273 e. The molecular weight excluding hydrogens is 210 g/mol. The lowest BCUT2D eigenvalue weighted by Crippen LogP contribution is -2.30. The van der Waals surface area contributed by atoms with Crippen LogP contribution >= 0.6 is 0 Å². The van der Waals surface area contributed by atoms with Crippen molar-refractivity contribution in [2.24, 2.45) is 17.9 Å². The molecule has 1 amide bonds. The summed E-state index contributed by atoms with van der Waals surface area (Å²) in [6.07, 6.45) is 3.53. The second kappa shape index (κ2) is 5.15. The minimum atomic E-state index is -0.189. The molecule has 0 aliphatic rings. The Bertz CT molecular complexity index is 398. The molecule has 0 aromatic carbocycles. The number of nitrogens with two attached hydrogens (primary N) is 1. The number of carbonyl (C=O) groups is 1. The summed E-state index contributed by atoms with van der Waals surface area (Å²) in [6.45, 7) is 0.380. The van der Waals surface area contributed by atoms with E-state index in [2.05, 4.69) is 10.1 Å². The summed E-state index contributed by atoms with van der Waals surface area (Å²) < 4.78 is 1.70. The van der Waals surface area contributed by atoms with Crippen LogP contribution in [0.15, 0.2) is 17.7 Å². The van der Waals surface area contributed by atoms with Crippen LogP contribution in [0.4, 0.5) is 0 Å². The fourth-order valence-corrected chi connectivity index (χ4v) is 1.15. The van der Waals surface area contributed by atoms with E-state index in [1.807, 2.05) is 0 Å². The van der Waals surface area contributed by atoms with Crippen LogP contribution in [0.1, 0.15) is 16.9 Å². The maximum Gasteiger partial charge on any atom is 0.273 e. The van der Waals surface area contributed by atoms with Crippen molar-refractivity contribution < 1.29 is 10.0 Å². The van der Waals surface area contributed by atoms with E-state index in [1.54, 1.807) is 31.2 Å². The summed E-state index contributed by atoms with van der Waals surface area (Å²) in [5.41, 5.74) is 5.69. The maximum absolute atomic E-state index is 11.8. The number of imidazole rings is 1. The van der Waals surface area contributed by atoms with Crippen molar-refractivity contribution in [1.82, 2.24) is 14.5 Å². The van der Waals surface area contributed by atoms with Gasteiger partial charge in [0, 0.05) is 33.3 Å². The third kappa shape index (κ3) is 2.97. The van der Waals surface area contributed by atoms with Gasteiger partial charge >= 0.3 is 0 Å². The average molecular weight is 225 g/mol. The van der Waals surface area contributed by atoms with Crippen LogP contribution in [0.2, 0.25) is 0 Å². The van der Waals surface area contributed by atoms with Gasteiger partial charge in [0.05, 0.1) is 6.33 Å². The monoisotopic (exact) mass is 225 g/mol. The molecule has 1 heterocycles. The first-order valence-corrected chi connectivity index (χ1v) is 4.74. The van der Waals surface area contributed by atoms with Gasteiger partial charge in [-0.25, -0.2) is 4.98 Å². The molecule has 0 bridgehead atoms. The first-order chi connectivity index (χ1) is 7.54. The third-order valence-electron chi connectivity index (χ3n) is 2.10. The number of nitrogens with zero attached hydrogens (tertiary/aromatic N) is 4. The summed E-state index contributed by atoms with van der Waals surface area (Å²) in [6, 6.07) is 0. The zero-order valence-electron chi connectivity index (χ0n) is 9.29. The third-order valence-corrected chi connectivity index (χ3v) is 2.10. The Kier molecular flexibility index (Phi) is 3.87. The van der Waals surface area contributed by atoms with Crippen molar-refractivity contribution in [1.29, 1.82) is 0 Å². The molecule has 16 heavy (non-hydrogen) atoms. The van der Waals surface area contributed by atoms with Crippen molar-refractivity contribution in [2.75, 3.05) is 13.6 Å². The zero-order valence-corrected chi connectivity index (χ0v) is 9.29. The van der Waals surface area contributed by atoms with Crippen molar-refractivity contribution in [3.8, 4) is 0 Å². The van der Waals surface area contributed by atoms with Gasteiger partial charge in [0.25, 0.3) is 5.91 Å². The van der Waals surface area contributed by atoms with E-state index < -0.39 is 0 Å². The van der Waals surface area contributed by atoms with E-state index in [1.165, 1.54) is 4.90 Å². The number of aryl methyl sites for hydroxylation is 1. The molecule has 0 fully saturated rings. The first-order valence-electron chi connectivity index (χ1n) is 4.74. The predicted molar refractivity (Wildman–Crippen MR) is 58.2 cm³/mol. The standard InChI is InChI=1S/C9H15N5O2/c1-13-5-7(11-6-13)9(15)14(2)4-3-8(10)12-16/h5-6,16H,3-4H2,1-2H3,(H2,10,12). The molecule has 88 valence electrons. The Morgan fingerprint density at radius 1 is 1.75 bits per heavy atom. The molecule has 0 aliphatic heterocycles. The van der Waals surface area contributed by atoms with Gasteiger partial charge in [-0.15, -0.1) is 0 Å². The first kappa shape index (κ1) is 12.0. The fraction of sp³-hybridized carbons (Fsp3) is 0.444. The van der Waals surface area contributed by atoms with Gasteiger partial charge in [-0.3, -0.25) is 4.79 Å². The van der Waals surface area contributed by atoms with E-state index in [0.717, 1.165) is 0 Å². The number of rotatable bonds is 4. The minimum Gasteiger partial charge on any atom is -0.409 e. The zero-order chi connectivity index (χ0) is 12.1. The van der Waals surface area contributed by atoms with Crippen LogP contribution in [0.3, 0.4) is 0 Å². The van der Waals surface area contributed by atoms with Gasteiger partial charge in [-0.05, 0) is 0 Å². The van der Waals surface area contributed by atoms with E-state index in [4.69, 9.17) is 10.9 Å². The predicted octanol–water partition coefficient (Wildman–Crippen LogP) is -0.371. The van der Waals surface area contributed by atoms with Gasteiger partial charge in [0.1, 0.15) is 11.5 Å². The quantitative estimate of drug-likeness (QED) is 0.316. The Morgan fingerprint density at radius 2 is 2.44 bits per heavy atom. The lowest BCUT2D eigenvalue weighted by molar-refractivity contribution is 0.0793. The van der Waals surface area contributed by atoms with E-state index >= 15 is 0 Å². The molecule has 0 radical (unpaired) electrons. The van der Waals surface area contributed by atoms with Crippen molar-refractivity contribution >= 4 is 11.7 Å². The fourth-order valence-electron chi connectivity index (χ4n) is 1.15. The number of oxime groups is 1. The molecule has 3 N–H and O–H groups in total. The molecule has 1 aromatic rings. The second-order valence-electron chi connectivity index (χ2n) is 3.49. The molecule has 0 saturated heterocycles. The van der Waals surface area contributed by atoms with Crippen molar-refractivity contribution in [3.63, 3.8) is 0 Å². The lowest BCUT2D eigenvalue weighted by Gasteiger charge is -2.14. The van der Waals surface area contributed by atoms with Crippen LogP contribution in [-0.4, -0.2) is 45.0 Å². The normalized spacial score (nSPS) is 11.5. The summed E-state index contributed by atoms with van der Waals surface area (Å²) in [5.74, 6) is -0.0907. The summed E-state index contributed by atoms with van der Waals surface area (Å²) >= 11 is 0. The Hall–Kier alpha value is -2.05. The number of hydrogen-bond acceptors (Lipinski definition) is 4. The highest BCUT2D eigenvalue weighted by molar-refractivity contribution is 5.92. The number of aromatic nitrogens is 2. The highest BCUT2D eigenvalue weighted by atomic mass is 16.4. The minimum absolute atomic E-state index is 0.0978. The Balaban J connectivity index is 2.54. The highest BCUT2D eigenvalue weighted by Crippen LogP contribution is 2.00. The Labute approximate surface area is 93.2 Å². The SMILES string of the molecule is CN(CCC(N)=NO)C(=O)c1cn(C)cn1. The molecule has 7 heteroatoms. The number of carbonyl (C=O) groups excluding carboxylic acids is 1. The van der Waals surface area contributed by atoms with Gasteiger partial charge < -0.3 is 20.4 Å². The molecular formula is C9H15N5O2. The molecule has 0 unspecified atom stereocenters. The molecule has 7 nitrogen and oxygen atoms in total. The van der Waals surface area contributed by atoms with Gasteiger partial charge in [-0.2, -0.15) is 0 Å². The molecule has 0 atom stereocenters. The highest BCUT2D eigenvalue weighted by Gasteiger charge is 2.14. The van der Waals surface area contributed by atoms with Gasteiger partial charge in [0.15, 0.2) is 0 Å². The maximum atomic E-state index is 11.8. The average Bonchev–Trinajstić information content (AvgIpc) is 2.71. The van der Waals surface area contributed by atoms with Crippen LogP contribution in [0.25, 0.3) is 0 Å². The van der Waals surface area contributed by atoms with E-state index in [-0.39, 0.29) is 11.7 Å². The van der Waals surface area contributed by atoms with Crippen LogP contribution in [-0.2, 0) is 7.05 Å². The lowest BCUT2D eigenvalue weighted by atomic mass is 10.3. The topological polar surface area (TPSA) is 96.7 Å². The summed E-state index contributed by atoms with van der Waals surface area (Å²) in [5, 5.41) is 11.2. The summed E-state index contributed by atoms with van der Waals surface area (Å²) in [7, 11) is 3.43. The largest absolute Gasteiger partial charge is 0.409 e. The van der Waals surface area contributed by atoms with Crippen LogP contribution < -0.4 is 5.73 Å².